The van der Waals surface area contributed by atoms with Crippen LogP contribution in [0.4, 0.5) is 15.3 Å². The maximum absolute atomic E-state index is 12.4. The van der Waals surface area contributed by atoms with Crippen molar-refractivity contribution in [2.75, 3.05) is 51.4 Å². The molecule has 14 nitrogen and oxygen atoms in total. The van der Waals surface area contributed by atoms with E-state index >= 15 is 0 Å². The maximum Gasteiger partial charge on any atom is 0.505 e. The molecule has 0 spiro atoms. The lowest BCUT2D eigenvalue weighted by molar-refractivity contribution is -0.130. The third-order valence-electron chi connectivity index (χ3n) is 4.96. The summed E-state index contributed by atoms with van der Waals surface area (Å²) in [4.78, 5) is 58.1. The van der Waals surface area contributed by atoms with Gasteiger partial charge in [0, 0.05) is 18.7 Å². The molecule has 0 aliphatic heterocycles. The fraction of sp³-hybridized carbons (Fsp3) is 0.560. The Hall–Kier alpha value is -3.91. The van der Waals surface area contributed by atoms with Crippen LogP contribution in [0.25, 0.3) is 0 Å². The molecule has 0 aliphatic rings. The van der Waals surface area contributed by atoms with E-state index in [-0.39, 0.29) is 71.0 Å². The Balaban J connectivity index is 2.22. The van der Waals surface area contributed by atoms with Crippen molar-refractivity contribution in [2.24, 2.45) is 5.92 Å². The van der Waals surface area contributed by atoms with E-state index in [1.807, 2.05) is 0 Å². The van der Waals surface area contributed by atoms with Crippen molar-refractivity contribution >= 4 is 35.7 Å². The molecular weight excluding hydrogens is 516 g/mol. The SMILES string of the molecule is CCC(=O)NC(C(=O)NCC(=O)Nc1ccc(COC(=O)NCCOCCOCCOC(=O)O)cc1)C(C)C. The molecule has 1 atom stereocenters. The van der Waals surface area contributed by atoms with Crippen LogP contribution in [-0.2, 0) is 39.9 Å². The van der Waals surface area contributed by atoms with Gasteiger partial charge in [-0.15, -0.1) is 0 Å². The molecule has 1 rings (SSSR count). The molecule has 1 aromatic carbocycles. The Kier molecular flexibility index (Phi) is 16.3. The van der Waals surface area contributed by atoms with Gasteiger partial charge in [-0.3, -0.25) is 14.4 Å². The minimum absolute atomic E-state index is 0.0172. The molecule has 0 fully saturated rings. The number of carbonyl (C=O) groups excluding carboxylic acids is 4. The molecule has 14 heteroatoms. The Bertz CT molecular complexity index is 924. The lowest BCUT2D eigenvalue weighted by atomic mass is 10.0. The Labute approximate surface area is 227 Å². The van der Waals surface area contributed by atoms with E-state index in [9.17, 15) is 24.0 Å². The van der Waals surface area contributed by atoms with E-state index in [0.717, 1.165) is 0 Å². The van der Waals surface area contributed by atoms with Gasteiger partial charge >= 0.3 is 12.2 Å². The van der Waals surface area contributed by atoms with Gasteiger partial charge in [-0.25, -0.2) is 9.59 Å². The monoisotopic (exact) mass is 554 g/mol. The molecule has 5 N–H and O–H groups in total. The van der Waals surface area contributed by atoms with Crippen molar-refractivity contribution in [1.29, 1.82) is 0 Å². The molecule has 0 radical (unpaired) electrons. The number of hydrogen-bond donors (Lipinski definition) is 5. The van der Waals surface area contributed by atoms with Crippen molar-refractivity contribution in [1.82, 2.24) is 16.0 Å². The van der Waals surface area contributed by atoms with Crippen LogP contribution in [0.15, 0.2) is 24.3 Å². The largest absolute Gasteiger partial charge is 0.505 e. The second kappa shape index (κ2) is 19.2. The predicted molar refractivity (Wildman–Crippen MR) is 139 cm³/mol. The van der Waals surface area contributed by atoms with Gasteiger partial charge in [0.05, 0.1) is 33.0 Å². The van der Waals surface area contributed by atoms with E-state index in [0.29, 0.717) is 11.3 Å². The number of carbonyl (C=O) groups is 5. The van der Waals surface area contributed by atoms with E-state index in [4.69, 9.17) is 19.3 Å². The van der Waals surface area contributed by atoms with Crippen molar-refractivity contribution < 1.29 is 48.0 Å². The van der Waals surface area contributed by atoms with E-state index in [1.165, 1.54) is 0 Å². The number of carboxylic acid groups (broad SMARTS) is 1. The Morgan fingerprint density at radius 2 is 1.49 bits per heavy atom. The molecule has 0 heterocycles. The maximum atomic E-state index is 12.4. The highest BCUT2D eigenvalue weighted by Crippen LogP contribution is 2.10. The average molecular weight is 555 g/mol. The standard InChI is InChI=1S/C25H38N4O10/c1-4-20(30)29-22(17(2)3)23(32)27-15-21(31)28-19-7-5-18(6-8-19)16-39-24(33)26-9-10-36-11-12-37-13-14-38-25(34)35/h5-8,17,22H,4,9-16H2,1-3H3,(H,26,33)(H,27,32)(H,28,31)(H,29,30)(H,34,35). The number of nitrogens with one attached hydrogen (secondary N) is 4. The van der Waals surface area contributed by atoms with Gasteiger partial charge in [0.25, 0.3) is 0 Å². The third kappa shape index (κ3) is 15.8. The quantitative estimate of drug-likeness (QED) is 0.130. The summed E-state index contributed by atoms with van der Waals surface area (Å²) in [6.07, 6.45) is -1.72. The third-order valence-corrected chi connectivity index (χ3v) is 4.96. The van der Waals surface area contributed by atoms with E-state index < -0.39 is 30.1 Å². The summed E-state index contributed by atoms with van der Waals surface area (Å²) in [5.41, 5.74) is 1.20. The molecule has 4 amide bonds. The van der Waals surface area contributed by atoms with Gasteiger partial charge < -0.3 is 45.3 Å². The normalized spacial score (nSPS) is 11.3. The lowest BCUT2D eigenvalue weighted by Crippen LogP contribution is -2.50. The van der Waals surface area contributed by atoms with E-state index in [2.05, 4.69) is 26.0 Å². The fourth-order valence-electron chi connectivity index (χ4n) is 2.91. The minimum Gasteiger partial charge on any atom is -0.450 e. The molecule has 218 valence electrons. The zero-order chi connectivity index (χ0) is 29.0. The van der Waals surface area contributed by atoms with Crippen LogP contribution in [0.3, 0.4) is 0 Å². The van der Waals surface area contributed by atoms with Crippen molar-refractivity contribution in [3.63, 3.8) is 0 Å². The summed E-state index contributed by atoms with van der Waals surface area (Å²) < 4.78 is 19.8. The van der Waals surface area contributed by atoms with Crippen LogP contribution < -0.4 is 21.3 Å². The summed E-state index contributed by atoms with van der Waals surface area (Å²) in [6, 6.07) is 5.91. The molecule has 0 aromatic heterocycles. The second-order valence-electron chi connectivity index (χ2n) is 8.45. The highest BCUT2D eigenvalue weighted by Gasteiger charge is 2.23. The molecule has 0 bridgehead atoms. The van der Waals surface area contributed by atoms with Gasteiger partial charge in [0.1, 0.15) is 19.3 Å². The Morgan fingerprint density at radius 3 is 2.10 bits per heavy atom. The summed E-state index contributed by atoms with van der Waals surface area (Å²) in [6.45, 7) is 6.13. The van der Waals surface area contributed by atoms with Crippen molar-refractivity contribution in [3.05, 3.63) is 29.8 Å². The highest BCUT2D eigenvalue weighted by molar-refractivity contribution is 5.96. The van der Waals surface area contributed by atoms with Crippen molar-refractivity contribution in [2.45, 2.75) is 39.8 Å². The van der Waals surface area contributed by atoms with Crippen LogP contribution in [-0.4, -0.2) is 87.2 Å². The fourth-order valence-corrected chi connectivity index (χ4v) is 2.91. The van der Waals surface area contributed by atoms with Crippen LogP contribution in [0, 0.1) is 5.92 Å². The number of hydrogen-bond acceptors (Lipinski definition) is 9. The zero-order valence-corrected chi connectivity index (χ0v) is 22.4. The van der Waals surface area contributed by atoms with Gasteiger partial charge in [0.15, 0.2) is 0 Å². The smallest absolute Gasteiger partial charge is 0.450 e. The topological polar surface area (TPSA) is 191 Å². The Morgan fingerprint density at radius 1 is 0.846 bits per heavy atom. The number of alkyl carbamates (subject to hydrolysis) is 1. The number of ether oxygens (including phenoxy) is 4. The van der Waals surface area contributed by atoms with Crippen LogP contribution in [0.2, 0.25) is 0 Å². The number of anilines is 1. The molecule has 39 heavy (non-hydrogen) atoms. The first kappa shape index (κ1) is 33.1. The summed E-state index contributed by atoms with van der Waals surface area (Å²) in [5.74, 6) is -1.25. The predicted octanol–water partition coefficient (Wildman–Crippen LogP) is 1.25. The molecule has 0 saturated heterocycles. The van der Waals surface area contributed by atoms with Gasteiger partial charge in [-0.05, 0) is 23.6 Å². The number of rotatable bonds is 18. The first-order valence-electron chi connectivity index (χ1n) is 12.5. The van der Waals surface area contributed by atoms with Crippen molar-refractivity contribution in [3.8, 4) is 0 Å². The van der Waals surface area contributed by atoms with Gasteiger partial charge in [0.2, 0.25) is 17.7 Å². The molecule has 1 aromatic rings. The zero-order valence-electron chi connectivity index (χ0n) is 22.4. The van der Waals surface area contributed by atoms with E-state index in [1.54, 1.807) is 45.0 Å². The first-order valence-corrected chi connectivity index (χ1v) is 12.5. The second-order valence-corrected chi connectivity index (χ2v) is 8.45. The van der Waals surface area contributed by atoms with Gasteiger partial charge in [-0.1, -0.05) is 32.9 Å². The lowest BCUT2D eigenvalue weighted by Gasteiger charge is -2.21. The van der Waals surface area contributed by atoms with Gasteiger partial charge in [-0.2, -0.15) is 0 Å². The summed E-state index contributed by atoms with van der Waals surface area (Å²) in [7, 11) is 0. The highest BCUT2D eigenvalue weighted by atomic mass is 16.7. The molecule has 1 unspecified atom stereocenters. The molecule has 0 aliphatic carbocycles. The summed E-state index contributed by atoms with van der Waals surface area (Å²) in [5, 5.41) is 18.7. The van der Waals surface area contributed by atoms with Crippen LogP contribution in [0.1, 0.15) is 32.8 Å². The summed E-state index contributed by atoms with van der Waals surface area (Å²) >= 11 is 0. The minimum atomic E-state index is -1.36. The molecular formula is C25H38N4O10. The number of amides is 4. The average Bonchev–Trinajstić information content (AvgIpc) is 2.90. The first-order chi connectivity index (χ1) is 18.6. The number of benzene rings is 1. The molecule has 0 saturated carbocycles. The van der Waals surface area contributed by atoms with Crippen LogP contribution >= 0.6 is 0 Å². The van der Waals surface area contributed by atoms with Crippen LogP contribution in [0.5, 0.6) is 0 Å².